The zero-order chi connectivity index (χ0) is 20.6. The van der Waals surface area contributed by atoms with Crippen molar-refractivity contribution in [2.45, 2.75) is 19.2 Å². The molecule has 0 radical (unpaired) electrons. The third-order valence-electron chi connectivity index (χ3n) is 4.73. The monoisotopic (exact) mass is 398 g/mol. The van der Waals surface area contributed by atoms with Crippen molar-refractivity contribution in [2.75, 3.05) is 20.3 Å². The topological polar surface area (TPSA) is 46.9 Å². The van der Waals surface area contributed by atoms with Crippen LogP contribution in [0.3, 0.4) is 0 Å². The van der Waals surface area contributed by atoms with E-state index in [-0.39, 0.29) is 12.4 Å². The molecule has 1 atom stereocenters. The van der Waals surface area contributed by atoms with Crippen LogP contribution in [0.15, 0.2) is 66.9 Å². The summed E-state index contributed by atoms with van der Waals surface area (Å²) in [6.07, 6.45) is 1.33. The molecule has 0 spiro atoms. The summed E-state index contributed by atoms with van der Waals surface area (Å²) in [5, 5.41) is 10.5. The number of aliphatic hydroxyl groups is 1. The van der Waals surface area contributed by atoms with Gasteiger partial charge in [-0.15, -0.1) is 0 Å². The summed E-state index contributed by atoms with van der Waals surface area (Å²) >= 11 is 0. The Labute approximate surface area is 170 Å². The number of hydrogen-bond acceptors (Lipinski definition) is 4. The molecule has 1 N–H and O–H groups in total. The fraction of sp³-hybridized carbons (Fsp3) is 0.304. The van der Waals surface area contributed by atoms with Gasteiger partial charge in [0.15, 0.2) is 0 Å². The number of aliphatic hydroxyl groups excluding tert-OH is 1. The highest BCUT2D eigenvalue weighted by atomic mass is 19.1. The first-order valence-corrected chi connectivity index (χ1v) is 9.55. The van der Waals surface area contributed by atoms with Crippen molar-refractivity contribution in [1.29, 1.82) is 0 Å². The second kappa shape index (κ2) is 10.1. The van der Waals surface area contributed by atoms with Crippen molar-refractivity contribution >= 4 is 0 Å². The van der Waals surface area contributed by atoms with Crippen LogP contribution in [-0.2, 0) is 20.1 Å². The van der Waals surface area contributed by atoms with E-state index >= 15 is 0 Å². The van der Waals surface area contributed by atoms with Crippen LogP contribution in [0.25, 0.3) is 0 Å². The summed E-state index contributed by atoms with van der Waals surface area (Å²) in [6, 6.07) is 17.8. The molecule has 0 aliphatic carbocycles. The number of ether oxygens (including phenoxy) is 2. The van der Waals surface area contributed by atoms with Gasteiger partial charge in [0.2, 0.25) is 0 Å². The van der Waals surface area contributed by atoms with Gasteiger partial charge in [-0.05, 0) is 54.1 Å². The van der Waals surface area contributed by atoms with Gasteiger partial charge in [-0.3, -0.25) is 4.90 Å². The average molecular weight is 398 g/mol. The Hall–Kier alpha value is -2.83. The first-order chi connectivity index (χ1) is 14.0. The molecule has 3 rings (SSSR count). The maximum atomic E-state index is 13.2. The predicted molar refractivity (Wildman–Crippen MR) is 110 cm³/mol. The lowest BCUT2D eigenvalue weighted by atomic mass is 10.2. The van der Waals surface area contributed by atoms with E-state index in [1.807, 2.05) is 43.6 Å². The Bertz CT molecular complexity index is 878. The summed E-state index contributed by atoms with van der Waals surface area (Å²) in [5.74, 6) is 1.18. The van der Waals surface area contributed by atoms with Gasteiger partial charge in [-0.25, -0.2) is 4.39 Å². The second-order valence-electron chi connectivity index (χ2n) is 7.05. The molecule has 1 aromatic heterocycles. The largest absolute Gasteiger partial charge is 0.497 e. The normalized spacial score (nSPS) is 12.2. The summed E-state index contributed by atoms with van der Waals surface area (Å²) in [4.78, 5) is 2.13. The van der Waals surface area contributed by atoms with Crippen LogP contribution in [0, 0.1) is 5.82 Å². The molecule has 1 heterocycles. The van der Waals surface area contributed by atoms with Crippen LogP contribution in [-0.4, -0.2) is 40.9 Å². The zero-order valence-corrected chi connectivity index (χ0v) is 16.8. The Kier molecular flexibility index (Phi) is 7.27. The SMILES string of the molecule is COc1ccc(OCC(O)CN(Cc2ccc(F)cc2)Cc2cccn2C)cc1. The maximum Gasteiger partial charge on any atom is 0.123 e. The molecule has 0 amide bonds. The van der Waals surface area contributed by atoms with Crippen molar-refractivity contribution in [3.05, 3.63) is 83.9 Å². The van der Waals surface area contributed by atoms with Crippen LogP contribution in [0.4, 0.5) is 4.39 Å². The molecule has 154 valence electrons. The van der Waals surface area contributed by atoms with Crippen molar-refractivity contribution in [1.82, 2.24) is 9.47 Å². The van der Waals surface area contributed by atoms with Gasteiger partial charge in [0.25, 0.3) is 0 Å². The molecule has 5 nitrogen and oxygen atoms in total. The van der Waals surface area contributed by atoms with Gasteiger partial charge in [0.1, 0.15) is 30.0 Å². The molecular weight excluding hydrogens is 371 g/mol. The molecule has 2 aromatic carbocycles. The highest BCUT2D eigenvalue weighted by Gasteiger charge is 2.15. The first-order valence-electron chi connectivity index (χ1n) is 9.55. The first kappa shape index (κ1) is 20.9. The molecular formula is C23H27FN2O3. The van der Waals surface area contributed by atoms with Crippen molar-refractivity contribution in [3.8, 4) is 11.5 Å². The number of aryl methyl sites for hydroxylation is 1. The minimum Gasteiger partial charge on any atom is -0.497 e. The Balaban J connectivity index is 1.61. The summed E-state index contributed by atoms with van der Waals surface area (Å²) in [7, 11) is 3.61. The maximum absolute atomic E-state index is 13.2. The summed E-state index contributed by atoms with van der Waals surface area (Å²) in [6.45, 7) is 1.88. The van der Waals surface area contributed by atoms with E-state index in [0.717, 1.165) is 17.0 Å². The zero-order valence-electron chi connectivity index (χ0n) is 16.8. The van der Waals surface area contributed by atoms with E-state index in [1.54, 1.807) is 19.2 Å². The van der Waals surface area contributed by atoms with Crippen LogP contribution in [0.2, 0.25) is 0 Å². The minimum atomic E-state index is -0.669. The molecule has 0 bridgehead atoms. The van der Waals surface area contributed by atoms with Crippen molar-refractivity contribution in [2.24, 2.45) is 7.05 Å². The highest BCUT2D eigenvalue weighted by Crippen LogP contribution is 2.17. The minimum absolute atomic E-state index is 0.180. The van der Waals surface area contributed by atoms with E-state index in [4.69, 9.17) is 9.47 Å². The van der Waals surface area contributed by atoms with Crippen molar-refractivity contribution in [3.63, 3.8) is 0 Å². The number of halogens is 1. The van der Waals surface area contributed by atoms with Gasteiger partial charge in [0, 0.05) is 38.6 Å². The van der Waals surface area contributed by atoms with Gasteiger partial charge < -0.3 is 19.1 Å². The molecule has 0 aliphatic heterocycles. The number of benzene rings is 2. The smallest absolute Gasteiger partial charge is 0.123 e. The molecule has 0 saturated carbocycles. The van der Waals surface area contributed by atoms with E-state index in [2.05, 4.69) is 15.5 Å². The lowest BCUT2D eigenvalue weighted by molar-refractivity contribution is 0.0621. The van der Waals surface area contributed by atoms with E-state index in [1.165, 1.54) is 12.1 Å². The number of methoxy groups -OCH3 is 1. The summed E-state index contributed by atoms with van der Waals surface area (Å²) < 4.78 is 26.1. The standard InChI is InChI=1S/C23H27FN2O3/c1-25-13-3-4-20(25)15-26(14-18-5-7-19(24)8-6-18)16-21(27)17-29-23-11-9-22(28-2)10-12-23/h3-13,21,27H,14-17H2,1-2H3. The van der Waals surface area contributed by atoms with Crippen LogP contribution < -0.4 is 9.47 Å². The number of nitrogens with zero attached hydrogens (tertiary/aromatic N) is 2. The lowest BCUT2D eigenvalue weighted by Gasteiger charge is -2.25. The van der Waals surface area contributed by atoms with Crippen molar-refractivity contribution < 1.29 is 19.0 Å². The predicted octanol–water partition coefficient (Wildman–Crippen LogP) is 3.61. The van der Waals surface area contributed by atoms with Gasteiger partial charge in [-0.1, -0.05) is 12.1 Å². The summed E-state index contributed by atoms with van der Waals surface area (Å²) in [5.41, 5.74) is 2.12. The number of rotatable bonds is 10. The second-order valence-corrected chi connectivity index (χ2v) is 7.05. The molecule has 0 saturated heterocycles. The van der Waals surface area contributed by atoms with Crippen LogP contribution in [0.1, 0.15) is 11.3 Å². The Morgan fingerprint density at radius 1 is 1.00 bits per heavy atom. The van der Waals surface area contributed by atoms with E-state index < -0.39 is 6.10 Å². The van der Waals surface area contributed by atoms with Crippen LogP contribution in [0.5, 0.6) is 11.5 Å². The molecule has 3 aromatic rings. The molecule has 0 fully saturated rings. The van der Waals surface area contributed by atoms with Gasteiger partial charge in [-0.2, -0.15) is 0 Å². The quantitative estimate of drug-likeness (QED) is 0.567. The Morgan fingerprint density at radius 3 is 2.31 bits per heavy atom. The lowest BCUT2D eigenvalue weighted by Crippen LogP contribution is -2.35. The number of hydrogen-bond donors (Lipinski definition) is 1. The fourth-order valence-corrected chi connectivity index (χ4v) is 3.14. The molecule has 29 heavy (non-hydrogen) atoms. The third-order valence-corrected chi connectivity index (χ3v) is 4.73. The van der Waals surface area contributed by atoms with Gasteiger partial charge >= 0.3 is 0 Å². The van der Waals surface area contributed by atoms with Crippen LogP contribution >= 0.6 is 0 Å². The molecule has 1 unspecified atom stereocenters. The fourth-order valence-electron chi connectivity index (χ4n) is 3.14. The molecule has 0 aliphatic rings. The number of aromatic nitrogens is 1. The van der Waals surface area contributed by atoms with Gasteiger partial charge in [0.05, 0.1) is 7.11 Å². The average Bonchev–Trinajstić information content (AvgIpc) is 3.13. The third kappa shape index (κ3) is 6.34. The molecule has 6 heteroatoms. The highest BCUT2D eigenvalue weighted by molar-refractivity contribution is 5.31. The van der Waals surface area contributed by atoms with E-state index in [9.17, 15) is 9.50 Å². The van der Waals surface area contributed by atoms with E-state index in [0.29, 0.717) is 25.4 Å². The Morgan fingerprint density at radius 2 is 1.69 bits per heavy atom.